The van der Waals surface area contributed by atoms with Gasteiger partial charge in [-0.2, -0.15) is 0 Å². The Morgan fingerprint density at radius 3 is 2.58 bits per heavy atom. The largest absolute Gasteiger partial charge is 0.324 e. The molecule has 0 fully saturated rings. The van der Waals surface area contributed by atoms with Crippen molar-refractivity contribution in [1.82, 2.24) is 9.55 Å². The van der Waals surface area contributed by atoms with Gasteiger partial charge in [-0.1, -0.05) is 18.2 Å². The molecule has 1 heterocycles. The molecule has 0 unspecified atom stereocenters. The van der Waals surface area contributed by atoms with Crippen LogP contribution in [0.1, 0.15) is 11.1 Å². The number of amides is 1. The van der Waals surface area contributed by atoms with Crippen molar-refractivity contribution < 1.29 is 9.72 Å². The topological polar surface area (TPSA) is 107 Å². The summed E-state index contributed by atoms with van der Waals surface area (Å²) in [6, 6.07) is 9.50. The first-order chi connectivity index (χ1) is 12.4. The van der Waals surface area contributed by atoms with Crippen LogP contribution in [0.25, 0.3) is 10.9 Å². The van der Waals surface area contributed by atoms with Gasteiger partial charge in [0, 0.05) is 17.8 Å². The number of fused-ring (bicyclic) bond motifs is 1. The number of anilines is 1. The number of carbonyl (C=O) groups excluding carboxylic acids is 1. The van der Waals surface area contributed by atoms with Crippen LogP contribution in [-0.2, 0) is 11.3 Å². The molecule has 26 heavy (non-hydrogen) atoms. The highest BCUT2D eigenvalue weighted by atomic mass is 16.6. The SMILES string of the molecule is Cc1cccc(C)c1NC(=O)Cn1cnc2cc([N+](=O)[O-])ccc2c1=O. The van der Waals surface area contributed by atoms with Gasteiger partial charge in [-0.3, -0.25) is 24.3 Å². The molecule has 1 N–H and O–H groups in total. The zero-order chi connectivity index (χ0) is 18.8. The van der Waals surface area contributed by atoms with Gasteiger partial charge in [-0.15, -0.1) is 0 Å². The third-order valence-electron chi connectivity index (χ3n) is 4.08. The van der Waals surface area contributed by atoms with E-state index in [1.165, 1.54) is 29.1 Å². The summed E-state index contributed by atoms with van der Waals surface area (Å²) in [5, 5.41) is 13.8. The van der Waals surface area contributed by atoms with Gasteiger partial charge < -0.3 is 5.32 Å². The smallest absolute Gasteiger partial charge is 0.271 e. The lowest BCUT2D eigenvalue weighted by Crippen LogP contribution is -2.28. The second-order valence-electron chi connectivity index (χ2n) is 5.95. The Bertz CT molecular complexity index is 1070. The molecule has 1 aromatic heterocycles. The van der Waals surface area contributed by atoms with Crippen LogP contribution >= 0.6 is 0 Å². The lowest BCUT2D eigenvalue weighted by molar-refractivity contribution is -0.384. The fraction of sp³-hybridized carbons (Fsp3) is 0.167. The van der Waals surface area contributed by atoms with Crippen molar-refractivity contribution in [2.24, 2.45) is 0 Å². The third kappa shape index (κ3) is 3.30. The number of nitrogens with zero attached hydrogens (tertiary/aromatic N) is 3. The van der Waals surface area contributed by atoms with Crippen molar-refractivity contribution in [3.8, 4) is 0 Å². The molecular formula is C18H16N4O4. The summed E-state index contributed by atoms with van der Waals surface area (Å²) >= 11 is 0. The van der Waals surface area contributed by atoms with Gasteiger partial charge in [-0.05, 0) is 31.0 Å². The molecule has 1 amide bonds. The highest BCUT2D eigenvalue weighted by molar-refractivity contribution is 5.92. The van der Waals surface area contributed by atoms with Crippen molar-refractivity contribution in [1.29, 1.82) is 0 Å². The van der Waals surface area contributed by atoms with Gasteiger partial charge in [0.2, 0.25) is 5.91 Å². The molecule has 3 aromatic rings. The molecule has 0 aliphatic carbocycles. The molecule has 0 aliphatic heterocycles. The highest BCUT2D eigenvalue weighted by Gasteiger charge is 2.13. The number of hydrogen-bond donors (Lipinski definition) is 1. The summed E-state index contributed by atoms with van der Waals surface area (Å²) in [5.74, 6) is -0.354. The third-order valence-corrected chi connectivity index (χ3v) is 4.08. The van der Waals surface area contributed by atoms with Crippen molar-refractivity contribution >= 4 is 28.2 Å². The Morgan fingerprint density at radius 1 is 1.23 bits per heavy atom. The number of carbonyl (C=O) groups is 1. The normalized spacial score (nSPS) is 10.7. The fourth-order valence-electron chi connectivity index (χ4n) is 2.72. The average molecular weight is 352 g/mol. The van der Waals surface area contributed by atoms with Crippen molar-refractivity contribution in [2.45, 2.75) is 20.4 Å². The maximum atomic E-state index is 12.5. The van der Waals surface area contributed by atoms with Crippen molar-refractivity contribution in [3.63, 3.8) is 0 Å². The summed E-state index contributed by atoms with van der Waals surface area (Å²) in [6.07, 6.45) is 1.22. The quantitative estimate of drug-likeness (QED) is 0.573. The minimum absolute atomic E-state index is 0.144. The van der Waals surface area contributed by atoms with Gasteiger partial charge in [0.05, 0.1) is 22.2 Å². The number of nitro benzene ring substituents is 1. The van der Waals surface area contributed by atoms with Crippen LogP contribution < -0.4 is 10.9 Å². The number of para-hydroxylation sites is 1. The second kappa shape index (κ2) is 6.75. The Kier molecular flexibility index (Phi) is 4.49. The summed E-state index contributed by atoms with van der Waals surface area (Å²) in [6.45, 7) is 3.57. The molecule has 132 valence electrons. The lowest BCUT2D eigenvalue weighted by atomic mass is 10.1. The van der Waals surface area contributed by atoms with E-state index in [-0.39, 0.29) is 29.0 Å². The zero-order valence-corrected chi connectivity index (χ0v) is 14.2. The molecule has 0 saturated heterocycles. The average Bonchev–Trinajstić information content (AvgIpc) is 2.60. The van der Waals surface area contributed by atoms with E-state index in [1.807, 2.05) is 32.0 Å². The Labute approximate surface area is 148 Å². The zero-order valence-electron chi connectivity index (χ0n) is 14.2. The Morgan fingerprint density at radius 2 is 1.92 bits per heavy atom. The predicted octanol–water partition coefficient (Wildman–Crippen LogP) is 2.56. The molecule has 8 heteroatoms. The molecule has 0 radical (unpaired) electrons. The first-order valence-electron chi connectivity index (χ1n) is 7.86. The Hall–Kier alpha value is -3.55. The number of aromatic nitrogens is 2. The number of nitro groups is 1. The minimum atomic E-state index is -0.551. The monoisotopic (exact) mass is 352 g/mol. The predicted molar refractivity (Wildman–Crippen MR) is 97.2 cm³/mol. The van der Waals surface area contributed by atoms with E-state index in [2.05, 4.69) is 10.3 Å². The van der Waals surface area contributed by atoms with Crippen LogP contribution in [0.3, 0.4) is 0 Å². The molecule has 0 bridgehead atoms. The number of aryl methyl sites for hydroxylation is 2. The van der Waals surface area contributed by atoms with Crippen LogP contribution in [0.4, 0.5) is 11.4 Å². The van der Waals surface area contributed by atoms with Crippen LogP contribution in [0.2, 0.25) is 0 Å². The first kappa shape index (κ1) is 17.3. The number of hydrogen-bond acceptors (Lipinski definition) is 5. The van der Waals surface area contributed by atoms with E-state index in [1.54, 1.807) is 0 Å². The molecule has 3 rings (SSSR count). The summed E-state index contributed by atoms with van der Waals surface area (Å²) in [5.41, 5.74) is 2.21. The fourth-order valence-corrected chi connectivity index (χ4v) is 2.72. The first-order valence-corrected chi connectivity index (χ1v) is 7.86. The number of rotatable bonds is 4. The van der Waals surface area contributed by atoms with Gasteiger partial charge >= 0.3 is 0 Å². The van der Waals surface area contributed by atoms with Gasteiger partial charge in [-0.25, -0.2) is 4.98 Å². The van der Waals surface area contributed by atoms with E-state index in [9.17, 15) is 19.7 Å². The van der Waals surface area contributed by atoms with Crippen LogP contribution in [-0.4, -0.2) is 20.4 Å². The standard InChI is InChI=1S/C18H16N4O4/c1-11-4-3-5-12(2)17(11)20-16(23)9-21-10-19-15-8-13(22(25)26)6-7-14(15)18(21)24/h3-8,10H,9H2,1-2H3,(H,20,23). The van der Waals surface area contributed by atoms with E-state index in [0.29, 0.717) is 0 Å². The molecular weight excluding hydrogens is 336 g/mol. The summed E-state index contributed by atoms with van der Waals surface area (Å²) < 4.78 is 1.18. The maximum absolute atomic E-state index is 12.5. The molecule has 0 spiro atoms. The molecule has 0 saturated carbocycles. The van der Waals surface area contributed by atoms with E-state index < -0.39 is 10.5 Å². The van der Waals surface area contributed by atoms with E-state index in [0.717, 1.165) is 16.8 Å². The van der Waals surface area contributed by atoms with Gasteiger partial charge in [0.25, 0.3) is 11.2 Å². The maximum Gasteiger partial charge on any atom is 0.271 e. The summed E-state index contributed by atoms with van der Waals surface area (Å²) in [4.78, 5) is 39.2. The van der Waals surface area contributed by atoms with Crippen LogP contribution in [0, 0.1) is 24.0 Å². The van der Waals surface area contributed by atoms with Crippen molar-refractivity contribution in [3.05, 3.63) is 74.3 Å². The second-order valence-corrected chi connectivity index (χ2v) is 5.95. The number of nitrogens with one attached hydrogen (secondary N) is 1. The van der Waals surface area contributed by atoms with Gasteiger partial charge in [0.15, 0.2) is 0 Å². The van der Waals surface area contributed by atoms with Crippen LogP contribution in [0.5, 0.6) is 0 Å². The van der Waals surface area contributed by atoms with E-state index in [4.69, 9.17) is 0 Å². The van der Waals surface area contributed by atoms with Gasteiger partial charge in [0.1, 0.15) is 6.54 Å². The van der Waals surface area contributed by atoms with Crippen molar-refractivity contribution in [2.75, 3.05) is 5.32 Å². The summed E-state index contributed by atoms with van der Waals surface area (Å²) in [7, 11) is 0. The molecule has 0 atom stereocenters. The highest BCUT2D eigenvalue weighted by Crippen LogP contribution is 2.19. The van der Waals surface area contributed by atoms with E-state index >= 15 is 0 Å². The molecule has 0 aliphatic rings. The Balaban J connectivity index is 1.88. The minimum Gasteiger partial charge on any atom is -0.324 e. The van der Waals surface area contributed by atoms with Crippen LogP contribution in [0.15, 0.2) is 47.5 Å². The number of non-ortho nitro benzene ring substituents is 1. The lowest BCUT2D eigenvalue weighted by Gasteiger charge is -2.12. The molecule has 8 nitrogen and oxygen atoms in total. The molecule has 2 aromatic carbocycles. The number of benzene rings is 2.